The van der Waals surface area contributed by atoms with Gasteiger partial charge in [0.1, 0.15) is 0 Å². The number of aryl methyl sites for hydroxylation is 1. The molecule has 4 nitrogen and oxygen atoms in total. The van der Waals surface area contributed by atoms with E-state index in [-0.39, 0.29) is 12.1 Å². The van der Waals surface area contributed by atoms with Gasteiger partial charge in [-0.2, -0.15) is 13.2 Å². The van der Waals surface area contributed by atoms with Crippen LogP contribution in [0.15, 0.2) is 48.5 Å². The number of benzene rings is 2. The van der Waals surface area contributed by atoms with E-state index in [1.807, 2.05) is 42.3 Å². The molecule has 7 heteroatoms. The first-order chi connectivity index (χ1) is 13.8. The summed E-state index contributed by atoms with van der Waals surface area (Å²) < 4.78 is 40.8. The molecule has 29 heavy (non-hydrogen) atoms. The minimum absolute atomic E-state index is 0.173. The Morgan fingerprint density at radius 2 is 1.72 bits per heavy atom. The second kappa shape index (κ2) is 9.31. The molecular weight excluding hydrogens is 379 g/mol. The summed E-state index contributed by atoms with van der Waals surface area (Å²) in [6.45, 7) is 2.97. The van der Waals surface area contributed by atoms with Crippen LogP contribution in [0.4, 0.5) is 24.5 Å². The zero-order valence-corrected chi connectivity index (χ0v) is 16.5. The number of anilines is 2. The number of amides is 1. The van der Waals surface area contributed by atoms with Gasteiger partial charge in [0.15, 0.2) is 0 Å². The average Bonchev–Trinajstić information content (AvgIpc) is 2.69. The molecule has 1 N–H and O–H groups in total. The van der Waals surface area contributed by atoms with Crippen molar-refractivity contribution in [2.45, 2.75) is 25.4 Å². The predicted octanol–water partition coefficient (Wildman–Crippen LogP) is 4.42. The van der Waals surface area contributed by atoms with Crippen molar-refractivity contribution in [3.63, 3.8) is 0 Å². The molecule has 0 unspecified atom stereocenters. The van der Waals surface area contributed by atoms with Crippen molar-refractivity contribution in [2.24, 2.45) is 0 Å². The molecule has 1 fully saturated rings. The van der Waals surface area contributed by atoms with Crippen LogP contribution in [0.5, 0.6) is 0 Å². The normalized spacial score (nSPS) is 15.4. The molecule has 3 rings (SSSR count). The summed E-state index contributed by atoms with van der Waals surface area (Å²) in [7, 11) is 1.99. The van der Waals surface area contributed by atoms with Crippen LogP contribution in [0, 0.1) is 0 Å². The third-order valence-corrected chi connectivity index (χ3v) is 5.16. The number of halogens is 3. The number of carbonyl (C=O) groups is 1. The first-order valence-electron chi connectivity index (χ1n) is 9.81. The van der Waals surface area contributed by atoms with Crippen molar-refractivity contribution in [3.8, 4) is 0 Å². The van der Waals surface area contributed by atoms with Crippen LogP contribution in [-0.2, 0) is 17.4 Å². The summed E-state index contributed by atoms with van der Waals surface area (Å²) in [6.07, 6.45) is -3.07. The van der Waals surface area contributed by atoms with E-state index in [1.165, 1.54) is 6.07 Å². The minimum Gasteiger partial charge on any atom is -0.369 e. The van der Waals surface area contributed by atoms with Crippen LogP contribution in [0.1, 0.15) is 24.0 Å². The Morgan fingerprint density at radius 1 is 1.03 bits per heavy atom. The van der Waals surface area contributed by atoms with Gasteiger partial charge in [0.05, 0.1) is 11.3 Å². The highest BCUT2D eigenvalue weighted by atomic mass is 19.4. The summed E-state index contributed by atoms with van der Waals surface area (Å²) in [5, 5.41) is 2.45. The van der Waals surface area contributed by atoms with Gasteiger partial charge in [-0.05, 0) is 43.7 Å². The molecule has 1 heterocycles. The van der Waals surface area contributed by atoms with Crippen LogP contribution < -0.4 is 10.2 Å². The smallest absolute Gasteiger partial charge is 0.369 e. The maximum Gasteiger partial charge on any atom is 0.418 e. The third-order valence-electron chi connectivity index (χ3n) is 5.16. The summed E-state index contributed by atoms with van der Waals surface area (Å²) >= 11 is 0. The maximum absolute atomic E-state index is 13.6. The van der Waals surface area contributed by atoms with Gasteiger partial charge in [0.25, 0.3) is 0 Å². The van der Waals surface area contributed by atoms with Gasteiger partial charge in [-0.25, -0.2) is 0 Å². The van der Waals surface area contributed by atoms with Crippen molar-refractivity contribution in [3.05, 3.63) is 59.7 Å². The summed E-state index contributed by atoms with van der Waals surface area (Å²) in [6, 6.07) is 13.9. The number of nitrogens with zero attached hydrogens (tertiary/aromatic N) is 2. The fraction of sp³-hybridized carbons (Fsp3) is 0.409. The molecule has 0 radical (unpaired) electrons. The predicted molar refractivity (Wildman–Crippen MR) is 109 cm³/mol. The lowest BCUT2D eigenvalue weighted by Crippen LogP contribution is -2.44. The van der Waals surface area contributed by atoms with Crippen molar-refractivity contribution < 1.29 is 18.0 Å². The Kier molecular flexibility index (Phi) is 6.79. The SMILES string of the molecule is CN1CCN(c2ccc(NC(=O)CCCc3ccccc3)c(C(F)(F)F)c2)CC1. The van der Waals surface area contributed by atoms with E-state index in [0.29, 0.717) is 31.6 Å². The highest BCUT2D eigenvalue weighted by molar-refractivity contribution is 5.92. The molecule has 1 aliphatic rings. The van der Waals surface area contributed by atoms with Crippen molar-refractivity contribution in [2.75, 3.05) is 43.4 Å². The van der Waals surface area contributed by atoms with Crippen molar-refractivity contribution in [1.82, 2.24) is 4.90 Å². The molecular formula is C22H26F3N3O. The van der Waals surface area contributed by atoms with E-state index >= 15 is 0 Å². The van der Waals surface area contributed by atoms with Crippen molar-refractivity contribution >= 4 is 17.3 Å². The van der Waals surface area contributed by atoms with E-state index in [2.05, 4.69) is 10.2 Å². The monoisotopic (exact) mass is 405 g/mol. The molecule has 0 aromatic heterocycles. The number of hydrogen-bond donors (Lipinski definition) is 1. The first-order valence-corrected chi connectivity index (χ1v) is 9.81. The lowest BCUT2D eigenvalue weighted by molar-refractivity contribution is -0.136. The summed E-state index contributed by atoms with van der Waals surface area (Å²) in [5.74, 6) is -0.404. The second-order valence-corrected chi connectivity index (χ2v) is 7.41. The van der Waals surface area contributed by atoms with Gasteiger partial charge in [-0.1, -0.05) is 30.3 Å². The molecule has 156 valence electrons. The Morgan fingerprint density at radius 3 is 2.38 bits per heavy atom. The molecule has 0 saturated carbocycles. The first kappa shape index (κ1) is 21.2. The Hall–Kier alpha value is -2.54. The molecule has 1 saturated heterocycles. The van der Waals surface area contributed by atoms with Crippen LogP contribution in [0.2, 0.25) is 0 Å². The fourth-order valence-corrected chi connectivity index (χ4v) is 3.45. The van der Waals surface area contributed by atoms with Crippen LogP contribution >= 0.6 is 0 Å². The standard InChI is InChI=1S/C22H26F3N3O/c1-27-12-14-28(15-13-27)18-10-11-20(19(16-18)22(23,24)25)26-21(29)9-5-8-17-6-3-2-4-7-17/h2-4,6-7,10-11,16H,5,8-9,12-15H2,1H3,(H,26,29). The topological polar surface area (TPSA) is 35.6 Å². The lowest BCUT2D eigenvalue weighted by atomic mass is 10.1. The zero-order valence-electron chi connectivity index (χ0n) is 16.5. The molecule has 2 aromatic rings. The number of rotatable bonds is 6. The zero-order chi connectivity index (χ0) is 20.9. The Labute approximate surface area is 169 Å². The second-order valence-electron chi connectivity index (χ2n) is 7.41. The van der Waals surface area contributed by atoms with Crippen LogP contribution in [0.3, 0.4) is 0 Å². The largest absolute Gasteiger partial charge is 0.418 e. The highest BCUT2D eigenvalue weighted by Gasteiger charge is 2.34. The Balaban J connectivity index is 1.65. The molecule has 1 aliphatic heterocycles. The molecule has 1 amide bonds. The number of hydrogen-bond acceptors (Lipinski definition) is 3. The molecule has 2 aromatic carbocycles. The van der Waals surface area contributed by atoms with Gasteiger partial charge in [0.2, 0.25) is 5.91 Å². The Bertz CT molecular complexity index is 816. The highest BCUT2D eigenvalue weighted by Crippen LogP contribution is 2.37. The van der Waals surface area contributed by atoms with E-state index in [9.17, 15) is 18.0 Å². The average molecular weight is 405 g/mol. The summed E-state index contributed by atoms with van der Waals surface area (Å²) in [4.78, 5) is 16.3. The van der Waals surface area contributed by atoms with E-state index in [1.54, 1.807) is 6.07 Å². The lowest BCUT2D eigenvalue weighted by Gasteiger charge is -2.34. The fourth-order valence-electron chi connectivity index (χ4n) is 3.45. The van der Waals surface area contributed by atoms with Gasteiger partial charge < -0.3 is 15.1 Å². The van der Waals surface area contributed by atoms with Gasteiger partial charge >= 0.3 is 6.18 Å². The number of piperazine rings is 1. The molecule has 0 atom stereocenters. The van der Waals surface area contributed by atoms with E-state index < -0.39 is 17.6 Å². The van der Waals surface area contributed by atoms with E-state index in [4.69, 9.17) is 0 Å². The quantitative estimate of drug-likeness (QED) is 0.773. The van der Waals surface area contributed by atoms with E-state index in [0.717, 1.165) is 24.7 Å². The number of likely N-dealkylation sites (N-methyl/N-ethyl adjacent to an activating group) is 1. The minimum atomic E-state index is -4.53. The van der Waals surface area contributed by atoms with Gasteiger partial charge in [-0.15, -0.1) is 0 Å². The third kappa shape index (κ3) is 5.97. The van der Waals surface area contributed by atoms with Gasteiger partial charge in [0, 0.05) is 38.3 Å². The number of alkyl halides is 3. The number of nitrogens with one attached hydrogen (secondary N) is 1. The van der Waals surface area contributed by atoms with Crippen molar-refractivity contribution in [1.29, 1.82) is 0 Å². The number of carbonyl (C=O) groups excluding carboxylic acids is 1. The molecule has 0 aliphatic carbocycles. The van der Waals surface area contributed by atoms with Crippen LogP contribution in [-0.4, -0.2) is 44.0 Å². The molecule has 0 spiro atoms. The molecule has 0 bridgehead atoms. The van der Waals surface area contributed by atoms with Gasteiger partial charge in [-0.3, -0.25) is 4.79 Å². The summed E-state index contributed by atoms with van der Waals surface area (Å²) in [5.41, 5.74) is 0.658. The maximum atomic E-state index is 13.6. The van der Waals surface area contributed by atoms with Crippen LogP contribution in [0.25, 0.3) is 0 Å².